The number of rotatable bonds is 76. The minimum absolute atomic E-state index is 0.105. The first-order valence-corrected chi connectivity index (χ1v) is 43.0. The predicted molar refractivity (Wildman–Crippen MR) is 391 cm³/mol. The van der Waals surface area contributed by atoms with Crippen LogP contribution in [-0.2, 0) is 65.4 Å². The minimum atomic E-state index is -4.96. The molecule has 0 aliphatic heterocycles. The summed E-state index contributed by atoms with van der Waals surface area (Å²) in [6, 6.07) is 0. The van der Waals surface area contributed by atoms with Crippen LogP contribution >= 0.6 is 15.6 Å². The first kappa shape index (κ1) is 94.1. The van der Waals surface area contributed by atoms with Gasteiger partial charge in [0, 0.05) is 25.7 Å². The van der Waals surface area contributed by atoms with Gasteiger partial charge in [-0.1, -0.05) is 350 Å². The van der Waals surface area contributed by atoms with Crippen LogP contribution in [0.3, 0.4) is 0 Å². The Morgan fingerprint density at radius 3 is 0.708 bits per heavy atom. The van der Waals surface area contributed by atoms with Crippen molar-refractivity contribution in [3.05, 3.63) is 0 Å². The van der Waals surface area contributed by atoms with Gasteiger partial charge in [0.05, 0.1) is 26.4 Å². The molecule has 0 aromatic rings. The van der Waals surface area contributed by atoms with Crippen LogP contribution in [0.15, 0.2) is 0 Å². The zero-order valence-electron chi connectivity index (χ0n) is 62.7. The Hall–Kier alpha value is -1.94. The monoisotopic (exact) mass is 1410 g/mol. The van der Waals surface area contributed by atoms with E-state index < -0.39 is 97.5 Å². The molecule has 0 aromatic heterocycles. The molecule has 0 fully saturated rings. The van der Waals surface area contributed by atoms with Gasteiger partial charge in [0.25, 0.3) is 0 Å². The van der Waals surface area contributed by atoms with E-state index in [4.69, 9.17) is 37.0 Å². The van der Waals surface area contributed by atoms with E-state index in [1.807, 2.05) is 0 Å². The standard InChI is InChI=1S/C77H150O17P2/c1-7-9-11-13-15-16-17-18-19-20-21-22-23-24-29-32-37-43-49-55-61-76(81)94-73(66-88-75(80)60-54-48-42-36-31-28-26-25-27-30-34-40-45-51-57-69(3)4)68-92-96(85,86)90-64-71(78)63-89-95(83,84)91-67-72(65-87-74(79)59-53-47-39-14-12-10-8-2)93-77(82)62-56-50-44-38-33-35-41-46-52-58-70(5)6/h69-73,78H,7-68H2,1-6H3,(H,83,84)(H,85,86)/t71-,72+,73+/m0/s1. The normalized spacial score (nSPS) is 14.0. The second-order valence-corrected chi connectivity index (χ2v) is 31.6. The molecule has 5 atom stereocenters. The lowest BCUT2D eigenvalue weighted by molar-refractivity contribution is -0.161. The van der Waals surface area contributed by atoms with Gasteiger partial charge < -0.3 is 33.8 Å². The molecule has 96 heavy (non-hydrogen) atoms. The van der Waals surface area contributed by atoms with Gasteiger partial charge in [0.1, 0.15) is 19.3 Å². The zero-order valence-corrected chi connectivity index (χ0v) is 64.5. The molecule has 0 saturated heterocycles. The van der Waals surface area contributed by atoms with Crippen molar-refractivity contribution in [2.75, 3.05) is 39.6 Å². The van der Waals surface area contributed by atoms with Gasteiger partial charge in [-0.3, -0.25) is 37.3 Å². The van der Waals surface area contributed by atoms with Crippen LogP contribution in [0.2, 0.25) is 0 Å². The summed E-state index contributed by atoms with van der Waals surface area (Å²) >= 11 is 0. The highest BCUT2D eigenvalue weighted by Gasteiger charge is 2.30. The van der Waals surface area contributed by atoms with E-state index in [1.54, 1.807) is 0 Å². The number of carbonyl (C=O) groups is 4. The second kappa shape index (κ2) is 68.8. The molecule has 0 bridgehead atoms. The molecule has 3 N–H and O–H groups in total. The number of unbranched alkanes of at least 4 members (excludes halogenated alkanes) is 46. The molecule has 0 aliphatic rings. The topological polar surface area (TPSA) is 237 Å². The summed E-state index contributed by atoms with van der Waals surface area (Å²) < 4.78 is 68.4. The number of aliphatic hydroxyl groups is 1. The molecule has 0 amide bonds. The SMILES string of the molecule is CCCCCCCCCCCCCCCCCCCCCCC(=O)O[C@H](COC(=O)CCCCCCCCCCCCCCCCC(C)C)COP(=O)(O)OC[C@@H](O)COP(=O)(O)OC[C@@H](COC(=O)CCCCCCCCC)OC(=O)CCCCCCCCCCCC(C)C. The summed E-state index contributed by atoms with van der Waals surface area (Å²) in [7, 11) is -9.91. The average molecular weight is 1410 g/mol. The van der Waals surface area contributed by atoms with Crippen molar-refractivity contribution in [3.63, 3.8) is 0 Å². The van der Waals surface area contributed by atoms with Crippen LogP contribution in [0.4, 0.5) is 0 Å². The number of hydrogen-bond donors (Lipinski definition) is 3. The number of phosphoric ester groups is 2. The van der Waals surface area contributed by atoms with Crippen molar-refractivity contribution in [1.82, 2.24) is 0 Å². The van der Waals surface area contributed by atoms with Crippen molar-refractivity contribution in [2.45, 2.75) is 419 Å². The number of hydrogen-bond acceptors (Lipinski definition) is 15. The summed E-state index contributed by atoms with van der Waals surface area (Å²) in [6.07, 6.45) is 57.1. The van der Waals surface area contributed by atoms with Crippen molar-refractivity contribution in [3.8, 4) is 0 Å². The Morgan fingerprint density at radius 1 is 0.281 bits per heavy atom. The summed E-state index contributed by atoms with van der Waals surface area (Å²) in [6.45, 7) is 9.56. The Morgan fingerprint density at radius 2 is 0.479 bits per heavy atom. The predicted octanol–water partition coefficient (Wildman–Crippen LogP) is 22.7. The largest absolute Gasteiger partial charge is 0.472 e. The first-order chi connectivity index (χ1) is 46.4. The van der Waals surface area contributed by atoms with Gasteiger partial charge in [-0.25, -0.2) is 9.13 Å². The van der Waals surface area contributed by atoms with Crippen molar-refractivity contribution >= 4 is 39.5 Å². The van der Waals surface area contributed by atoms with Crippen LogP contribution in [0.1, 0.15) is 401 Å². The molecule has 2 unspecified atom stereocenters. The molecule has 0 saturated carbocycles. The molecule has 0 heterocycles. The highest BCUT2D eigenvalue weighted by Crippen LogP contribution is 2.45. The lowest BCUT2D eigenvalue weighted by atomic mass is 10.0. The minimum Gasteiger partial charge on any atom is -0.462 e. The number of aliphatic hydroxyl groups excluding tert-OH is 1. The Labute approximate surface area is 588 Å². The molecule has 0 spiro atoms. The van der Waals surface area contributed by atoms with Crippen molar-refractivity contribution in [1.29, 1.82) is 0 Å². The van der Waals surface area contributed by atoms with E-state index >= 15 is 0 Å². The number of ether oxygens (including phenoxy) is 4. The smallest absolute Gasteiger partial charge is 0.462 e. The molecular formula is C77H150O17P2. The molecule has 19 heteroatoms. The Kier molecular flexibility index (Phi) is 67.4. The van der Waals surface area contributed by atoms with Crippen LogP contribution in [0.5, 0.6) is 0 Å². The summed E-state index contributed by atoms with van der Waals surface area (Å²) in [5.41, 5.74) is 0. The maximum absolute atomic E-state index is 13.1. The molecule has 570 valence electrons. The van der Waals surface area contributed by atoms with Crippen molar-refractivity contribution in [2.24, 2.45) is 11.8 Å². The third kappa shape index (κ3) is 70.5. The van der Waals surface area contributed by atoms with Gasteiger partial charge in [0.15, 0.2) is 12.2 Å². The maximum atomic E-state index is 13.1. The van der Waals surface area contributed by atoms with Crippen molar-refractivity contribution < 1.29 is 80.2 Å². The quantitative estimate of drug-likeness (QED) is 0.0222. The van der Waals surface area contributed by atoms with Gasteiger partial charge >= 0.3 is 39.5 Å². The first-order valence-electron chi connectivity index (χ1n) is 40.0. The van der Waals surface area contributed by atoms with Gasteiger partial charge in [-0.15, -0.1) is 0 Å². The average Bonchev–Trinajstić information content (AvgIpc) is 1.17. The summed E-state index contributed by atoms with van der Waals surface area (Å²) in [5.74, 6) is -0.584. The van der Waals surface area contributed by atoms with Crippen LogP contribution in [-0.4, -0.2) is 96.7 Å². The van der Waals surface area contributed by atoms with Crippen LogP contribution in [0, 0.1) is 11.8 Å². The molecule has 0 radical (unpaired) electrons. The molecule has 17 nitrogen and oxygen atoms in total. The summed E-state index contributed by atoms with van der Waals surface area (Å²) in [4.78, 5) is 72.7. The fourth-order valence-corrected chi connectivity index (χ4v) is 13.4. The number of phosphoric acid groups is 2. The van der Waals surface area contributed by atoms with E-state index in [-0.39, 0.29) is 25.7 Å². The third-order valence-electron chi connectivity index (χ3n) is 18.0. The van der Waals surface area contributed by atoms with Crippen LogP contribution < -0.4 is 0 Å². The lowest BCUT2D eigenvalue weighted by Crippen LogP contribution is -2.30. The van der Waals surface area contributed by atoms with Gasteiger partial charge in [-0.05, 0) is 37.5 Å². The van der Waals surface area contributed by atoms with E-state index in [0.717, 1.165) is 115 Å². The molecule has 0 rings (SSSR count). The van der Waals surface area contributed by atoms with E-state index in [1.165, 1.54) is 205 Å². The van der Waals surface area contributed by atoms with Gasteiger partial charge in [0.2, 0.25) is 0 Å². The fourth-order valence-electron chi connectivity index (χ4n) is 11.8. The molecular weight excluding hydrogens is 1260 g/mol. The number of esters is 4. The summed E-state index contributed by atoms with van der Waals surface area (Å²) in [5, 5.41) is 10.6. The molecule has 0 aromatic carbocycles. The second-order valence-electron chi connectivity index (χ2n) is 28.7. The maximum Gasteiger partial charge on any atom is 0.472 e. The van der Waals surface area contributed by atoms with E-state index in [2.05, 4.69) is 41.5 Å². The van der Waals surface area contributed by atoms with E-state index in [0.29, 0.717) is 25.7 Å². The van der Waals surface area contributed by atoms with Gasteiger partial charge in [-0.2, -0.15) is 0 Å². The molecule has 0 aliphatic carbocycles. The Balaban J connectivity index is 5.18. The van der Waals surface area contributed by atoms with Crippen LogP contribution in [0.25, 0.3) is 0 Å². The van der Waals surface area contributed by atoms with E-state index in [9.17, 15) is 43.2 Å². The number of carbonyl (C=O) groups excluding carboxylic acids is 4. The highest BCUT2D eigenvalue weighted by molar-refractivity contribution is 7.47. The third-order valence-corrected chi connectivity index (χ3v) is 19.9. The highest BCUT2D eigenvalue weighted by atomic mass is 31.2. The lowest BCUT2D eigenvalue weighted by Gasteiger charge is -2.21. The Bertz CT molecular complexity index is 1860. The fraction of sp³-hybridized carbons (Fsp3) is 0.948. The zero-order chi connectivity index (χ0) is 70.7.